The molecule has 0 N–H and O–H groups in total. The largest absolute Gasteiger partial charge is 0.384 e. The van der Waals surface area contributed by atoms with Gasteiger partial charge in [-0.15, -0.1) is 0 Å². The van der Waals surface area contributed by atoms with E-state index in [0.717, 1.165) is 37.2 Å². The van der Waals surface area contributed by atoms with Crippen LogP contribution in [0, 0.1) is 34.5 Å². The van der Waals surface area contributed by atoms with Crippen molar-refractivity contribution in [2.75, 3.05) is 13.7 Å². The van der Waals surface area contributed by atoms with Gasteiger partial charge in [0.05, 0.1) is 6.61 Å². The van der Waals surface area contributed by atoms with Gasteiger partial charge in [0.2, 0.25) is 0 Å². The molecule has 4 fully saturated rings. The second-order valence-corrected chi connectivity index (χ2v) is 9.13. The van der Waals surface area contributed by atoms with E-state index in [1.807, 2.05) is 7.11 Å². The number of rotatable bonds is 2. The predicted molar refractivity (Wildman–Crippen MR) is 87.6 cm³/mol. The maximum Gasteiger partial charge on any atom is 0.133 e. The van der Waals surface area contributed by atoms with Crippen LogP contribution in [0.15, 0.2) is 0 Å². The van der Waals surface area contributed by atoms with E-state index < -0.39 is 0 Å². The van der Waals surface area contributed by atoms with E-state index in [2.05, 4.69) is 6.92 Å². The molecule has 0 aromatic rings. The van der Waals surface area contributed by atoms with Crippen molar-refractivity contribution in [1.82, 2.24) is 0 Å². The van der Waals surface area contributed by atoms with Crippen LogP contribution in [0.2, 0.25) is 0 Å². The molecule has 0 spiro atoms. The summed E-state index contributed by atoms with van der Waals surface area (Å²) in [6, 6.07) is 0. The zero-order valence-corrected chi connectivity index (χ0v) is 14.4. The molecule has 0 aliphatic heterocycles. The number of ketones is 1. The number of Topliss-reactive ketones (excluding diaryl/α,β-unsaturated/α-hetero) is 1. The van der Waals surface area contributed by atoms with Crippen molar-refractivity contribution in [3.05, 3.63) is 0 Å². The Morgan fingerprint density at radius 1 is 1.09 bits per heavy atom. The smallest absolute Gasteiger partial charge is 0.133 e. The van der Waals surface area contributed by atoms with Gasteiger partial charge < -0.3 is 4.74 Å². The van der Waals surface area contributed by atoms with Gasteiger partial charge in [-0.05, 0) is 79.4 Å². The van der Waals surface area contributed by atoms with E-state index in [1.165, 1.54) is 51.4 Å². The zero-order chi connectivity index (χ0) is 15.4. The number of fused-ring (bicyclic) bond motifs is 5. The lowest BCUT2D eigenvalue weighted by molar-refractivity contribution is -0.142. The summed E-state index contributed by atoms with van der Waals surface area (Å²) in [5, 5.41) is 0. The van der Waals surface area contributed by atoms with E-state index in [-0.39, 0.29) is 0 Å². The van der Waals surface area contributed by atoms with Crippen molar-refractivity contribution in [3.8, 4) is 0 Å². The predicted octanol–water partition coefficient (Wildman–Crippen LogP) is 4.61. The lowest BCUT2D eigenvalue weighted by Crippen LogP contribution is -2.54. The van der Waals surface area contributed by atoms with Gasteiger partial charge in [0.15, 0.2) is 0 Å². The Labute approximate surface area is 135 Å². The monoisotopic (exact) mass is 304 g/mol. The summed E-state index contributed by atoms with van der Waals surface area (Å²) in [6.07, 6.45) is 12.6. The van der Waals surface area contributed by atoms with E-state index in [0.29, 0.717) is 22.5 Å². The molecule has 22 heavy (non-hydrogen) atoms. The fourth-order valence-electron chi connectivity index (χ4n) is 7.38. The summed E-state index contributed by atoms with van der Waals surface area (Å²) in [4.78, 5) is 11.9. The fourth-order valence-corrected chi connectivity index (χ4v) is 7.38. The third kappa shape index (κ3) is 2.05. The first-order valence-electron chi connectivity index (χ1n) is 9.60. The maximum atomic E-state index is 11.9. The number of ether oxygens (including phenoxy) is 1. The van der Waals surface area contributed by atoms with Gasteiger partial charge in [0, 0.05) is 20.0 Å². The summed E-state index contributed by atoms with van der Waals surface area (Å²) in [5.41, 5.74) is 0.961. The van der Waals surface area contributed by atoms with Crippen LogP contribution in [0.3, 0.4) is 0 Å². The number of hydrogen-bond acceptors (Lipinski definition) is 2. The molecule has 0 aromatic heterocycles. The molecule has 4 saturated carbocycles. The maximum absolute atomic E-state index is 11.9. The summed E-state index contributed by atoms with van der Waals surface area (Å²) in [5.74, 6) is 3.92. The van der Waals surface area contributed by atoms with Crippen LogP contribution in [0.1, 0.15) is 71.1 Å². The van der Waals surface area contributed by atoms with Crippen LogP contribution in [-0.4, -0.2) is 19.5 Å². The van der Waals surface area contributed by atoms with Gasteiger partial charge >= 0.3 is 0 Å². The topological polar surface area (TPSA) is 26.3 Å². The molecule has 0 amide bonds. The zero-order valence-electron chi connectivity index (χ0n) is 14.4. The van der Waals surface area contributed by atoms with Crippen molar-refractivity contribution >= 4 is 5.78 Å². The van der Waals surface area contributed by atoms with Gasteiger partial charge in [0.1, 0.15) is 5.78 Å². The van der Waals surface area contributed by atoms with E-state index >= 15 is 0 Å². The lowest BCUT2D eigenvalue weighted by atomic mass is 9.45. The average Bonchev–Trinajstić information content (AvgIpc) is 2.92. The van der Waals surface area contributed by atoms with Crippen molar-refractivity contribution in [2.24, 2.45) is 34.5 Å². The first kappa shape index (κ1) is 15.2. The molecule has 124 valence electrons. The Hall–Kier alpha value is -0.370. The molecule has 4 aliphatic carbocycles. The first-order chi connectivity index (χ1) is 10.6. The highest BCUT2D eigenvalue weighted by molar-refractivity contribution is 5.79. The van der Waals surface area contributed by atoms with Crippen molar-refractivity contribution < 1.29 is 9.53 Å². The third-order valence-electron chi connectivity index (χ3n) is 8.44. The third-order valence-corrected chi connectivity index (χ3v) is 8.44. The Bertz CT molecular complexity index is 459. The summed E-state index contributed by atoms with van der Waals surface area (Å²) in [6.45, 7) is 3.53. The molecule has 6 atom stereocenters. The molecule has 0 bridgehead atoms. The molecule has 0 heterocycles. The minimum Gasteiger partial charge on any atom is -0.384 e. The second-order valence-electron chi connectivity index (χ2n) is 9.13. The highest BCUT2D eigenvalue weighted by Gasteiger charge is 2.59. The molecular formula is C20H32O2. The fraction of sp³-hybridized carbons (Fsp3) is 0.950. The van der Waals surface area contributed by atoms with Gasteiger partial charge in [-0.1, -0.05) is 13.3 Å². The Morgan fingerprint density at radius 3 is 2.77 bits per heavy atom. The van der Waals surface area contributed by atoms with E-state index in [1.54, 1.807) is 0 Å². The minimum atomic E-state index is 0.457. The summed E-state index contributed by atoms with van der Waals surface area (Å²) < 4.78 is 5.67. The Balaban J connectivity index is 1.61. The van der Waals surface area contributed by atoms with Crippen LogP contribution in [0.4, 0.5) is 0 Å². The number of carbonyl (C=O) groups excluding carboxylic acids is 1. The SMILES string of the molecule is COC[C@@]12CCC[C@H]1[C@@H]1CC[C@H]3CC(=O)CC[C@]3(C)[C@H]1CC2. The first-order valence-corrected chi connectivity index (χ1v) is 9.60. The van der Waals surface area contributed by atoms with Gasteiger partial charge in [0.25, 0.3) is 0 Å². The van der Waals surface area contributed by atoms with Crippen molar-refractivity contribution in [2.45, 2.75) is 71.1 Å². The van der Waals surface area contributed by atoms with Crippen LogP contribution in [0.25, 0.3) is 0 Å². The van der Waals surface area contributed by atoms with E-state index in [4.69, 9.17) is 4.74 Å². The van der Waals surface area contributed by atoms with Gasteiger partial charge in [-0.3, -0.25) is 4.79 Å². The normalized spacial score (nSPS) is 51.1. The molecular weight excluding hydrogens is 272 g/mol. The Kier molecular flexibility index (Phi) is 3.67. The summed E-state index contributed by atoms with van der Waals surface area (Å²) in [7, 11) is 1.89. The number of hydrogen-bond donors (Lipinski definition) is 0. The van der Waals surface area contributed by atoms with Gasteiger partial charge in [-0.25, -0.2) is 0 Å². The molecule has 4 aliphatic rings. The van der Waals surface area contributed by atoms with Crippen LogP contribution in [-0.2, 0) is 9.53 Å². The average molecular weight is 304 g/mol. The summed E-state index contributed by atoms with van der Waals surface area (Å²) >= 11 is 0. The molecule has 4 rings (SSSR count). The van der Waals surface area contributed by atoms with E-state index in [9.17, 15) is 4.79 Å². The van der Waals surface area contributed by atoms with Crippen molar-refractivity contribution in [3.63, 3.8) is 0 Å². The lowest BCUT2D eigenvalue weighted by Gasteiger charge is -2.60. The molecule has 0 aromatic carbocycles. The number of methoxy groups -OCH3 is 1. The minimum absolute atomic E-state index is 0.457. The van der Waals surface area contributed by atoms with Gasteiger partial charge in [-0.2, -0.15) is 0 Å². The van der Waals surface area contributed by atoms with Crippen LogP contribution in [0.5, 0.6) is 0 Å². The molecule has 0 saturated heterocycles. The quantitative estimate of drug-likeness (QED) is 0.744. The number of carbonyl (C=O) groups is 1. The van der Waals surface area contributed by atoms with Crippen LogP contribution >= 0.6 is 0 Å². The highest BCUT2D eigenvalue weighted by Crippen LogP contribution is 2.66. The second kappa shape index (κ2) is 5.33. The molecule has 0 unspecified atom stereocenters. The van der Waals surface area contributed by atoms with Crippen LogP contribution < -0.4 is 0 Å². The standard InChI is InChI=1S/C20H32O2/c1-19-10-7-15(21)12-14(19)5-6-16-17(19)8-11-20(13-22-2)9-3-4-18(16)20/h14,16-18H,3-13H2,1-2H3/t14-,16+,17-,18-,19-,20-/m0/s1. The molecule has 2 heteroatoms. The molecule has 0 radical (unpaired) electrons. The Morgan fingerprint density at radius 2 is 1.95 bits per heavy atom. The molecule has 2 nitrogen and oxygen atoms in total. The highest BCUT2D eigenvalue weighted by atomic mass is 16.5. The van der Waals surface area contributed by atoms with Crippen molar-refractivity contribution in [1.29, 1.82) is 0 Å².